The highest BCUT2D eigenvalue weighted by Crippen LogP contribution is 2.30. The second kappa shape index (κ2) is 6.00. The first kappa shape index (κ1) is 14.9. The molecule has 116 valence electrons. The average molecular weight is 310 g/mol. The molecule has 1 saturated heterocycles. The molecular weight excluding hydrogens is 288 g/mol. The van der Waals surface area contributed by atoms with Gasteiger partial charge in [0.1, 0.15) is 0 Å². The molecule has 0 bridgehead atoms. The second-order valence-electron chi connectivity index (χ2n) is 5.87. The van der Waals surface area contributed by atoms with E-state index in [2.05, 4.69) is 19.9 Å². The van der Waals surface area contributed by atoms with E-state index >= 15 is 0 Å². The molecule has 1 unspecified atom stereocenters. The van der Waals surface area contributed by atoms with Crippen LogP contribution < -0.4 is 10.0 Å². The van der Waals surface area contributed by atoms with Crippen molar-refractivity contribution in [3.63, 3.8) is 0 Å². The number of hydrogen-bond donors (Lipinski definition) is 2. The maximum absolute atomic E-state index is 12.3. The van der Waals surface area contributed by atoms with Gasteiger partial charge in [0.15, 0.2) is 5.03 Å². The summed E-state index contributed by atoms with van der Waals surface area (Å²) in [5.41, 5.74) is 0.970. The maximum Gasteiger partial charge on any atom is 0.258 e. The average Bonchev–Trinajstić information content (AvgIpc) is 3.21. The van der Waals surface area contributed by atoms with Crippen molar-refractivity contribution in [3.8, 4) is 0 Å². The van der Waals surface area contributed by atoms with Gasteiger partial charge in [0, 0.05) is 37.9 Å². The number of nitrogens with zero attached hydrogens (tertiary/aromatic N) is 2. The topological polar surface area (TPSA) is 74.3 Å². The fourth-order valence-corrected chi connectivity index (χ4v) is 4.00. The zero-order valence-electron chi connectivity index (χ0n) is 12.2. The molecule has 1 aromatic rings. The molecule has 0 radical (unpaired) electrons. The molecule has 2 aliphatic rings. The molecule has 0 spiro atoms. The smallest absolute Gasteiger partial charge is 0.258 e. The lowest BCUT2D eigenvalue weighted by Gasteiger charge is -2.15. The van der Waals surface area contributed by atoms with Crippen molar-refractivity contribution in [1.82, 2.24) is 19.9 Å². The number of nitrogens with one attached hydrogen (secondary N) is 2. The molecule has 6 nitrogen and oxygen atoms in total. The molecule has 0 aromatic carbocycles. The van der Waals surface area contributed by atoms with Crippen molar-refractivity contribution in [3.05, 3.63) is 23.9 Å². The molecule has 2 N–H and O–H groups in total. The van der Waals surface area contributed by atoms with Crippen molar-refractivity contribution >= 4 is 10.0 Å². The van der Waals surface area contributed by atoms with Gasteiger partial charge in [0.2, 0.25) is 0 Å². The van der Waals surface area contributed by atoms with E-state index in [1.165, 1.54) is 12.8 Å². The first-order chi connectivity index (χ1) is 10.1. The van der Waals surface area contributed by atoms with Crippen molar-refractivity contribution < 1.29 is 8.42 Å². The summed E-state index contributed by atoms with van der Waals surface area (Å²) in [6, 6.07) is 4.07. The van der Waals surface area contributed by atoms with Gasteiger partial charge < -0.3 is 5.32 Å². The van der Waals surface area contributed by atoms with Crippen LogP contribution in [0.3, 0.4) is 0 Å². The van der Waals surface area contributed by atoms with Crippen LogP contribution in [0.5, 0.6) is 0 Å². The van der Waals surface area contributed by atoms with Gasteiger partial charge >= 0.3 is 0 Å². The highest BCUT2D eigenvalue weighted by atomic mass is 32.2. The summed E-state index contributed by atoms with van der Waals surface area (Å²) in [7, 11) is -1.67. The van der Waals surface area contributed by atoms with E-state index in [9.17, 15) is 8.42 Å². The van der Waals surface area contributed by atoms with Crippen LogP contribution in [0.1, 0.15) is 24.8 Å². The predicted molar refractivity (Wildman–Crippen MR) is 80.3 cm³/mol. The Morgan fingerprint density at radius 2 is 2.14 bits per heavy atom. The molecule has 1 saturated carbocycles. The van der Waals surface area contributed by atoms with Crippen LogP contribution in [-0.4, -0.2) is 50.5 Å². The number of rotatable bonds is 6. The van der Waals surface area contributed by atoms with Crippen LogP contribution in [0.25, 0.3) is 0 Å². The number of sulfonamides is 1. The van der Waals surface area contributed by atoms with Crippen LogP contribution in [0.15, 0.2) is 23.4 Å². The SMILES string of the molecule is CNCc1ccc(S(=O)(=O)NC2CCN(C3CC3)C2)nc1. The quantitative estimate of drug-likeness (QED) is 0.791. The zero-order valence-corrected chi connectivity index (χ0v) is 13.1. The Bertz CT molecular complexity index is 583. The van der Waals surface area contributed by atoms with Crippen molar-refractivity contribution in [2.75, 3.05) is 20.1 Å². The summed E-state index contributed by atoms with van der Waals surface area (Å²) in [5, 5.41) is 3.12. The summed E-state index contributed by atoms with van der Waals surface area (Å²) in [6.07, 6.45) is 5.01. The monoisotopic (exact) mass is 310 g/mol. The van der Waals surface area contributed by atoms with Gasteiger partial charge in [-0.25, -0.2) is 18.1 Å². The van der Waals surface area contributed by atoms with E-state index < -0.39 is 10.0 Å². The molecule has 1 aromatic heterocycles. The third-order valence-electron chi connectivity index (χ3n) is 4.06. The minimum atomic E-state index is -3.51. The first-order valence-electron chi connectivity index (χ1n) is 7.44. The normalized spacial score (nSPS) is 23.6. The Morgan fingerprint density at radius 3 is 2.76 bits per heavy atom. The number of hydrogen-bond acceptors (Lipinski definition) is 5. The third-order valence-corrected chi connectivity index (χ3v) is 5.49. The highest BCUT2D eigenvalue weighted by Gasteiger charge is 2.35. The zero-order chi connectivity index (χ0) is 14.9. The van der Waals surface area contributed by atoms with E-state index in [1.807, 2.05) is 7.05 Å². The van der Waals surface area contributed by atoms with Gasteiger partial charge in [-0.15, -0.1) is 0 Å². The Labute approximate surface area is 126 Å². The largest absolute Gasteiger partial charge is 0.316 e. The van der Waals surface area contributed by atoms with E-state index in [-0.39, 0.29) is 11.1 Å². The van der Waals surface area contributed by atoms with Crippen LogP contribution in [0.2, 0.25) is 0 Å². The minimum Gasteiger partial charge on any atom is -0.316 e. The lowest BCUT2D eigenvalue weighted by molar-refractivity contribution is 0.322. The number of likely N-dealkylation sites (tertiary alicyclic amines) is 1. The van der Waals surface area contributed by atoms with E-state index in [0.29, 0.717) is 12.6 Å². The lowest BCUT2D eigenvalue weighted by atomic mass is 10.3. The number of pyridine rings is 1. The molecule has 1 atom stereocenters. The Kier molecular flexibility index (Phi) is 4.26. The lowest BCUT2D eigenvalue weighted by Crippen LogP contribution is -2.37. The van der Waals surface area contributed by atoms with Gasteiger partial charge in [0.25, 0.3) is 10.0 Å². The molecule has 1 aliphatic carbocycles. The van der Waals surface area contributed by atoms with Crippen LogP contribution in [0, 0.1) is 0 Å². The maximum atomic E-state index is 12.3. The minimum absolute atomic E-state index is 0.00869. The summed E-state index contributed by atoms with van der Waals surface area (Å²) in [5.74, 6) is 0. The van der Waals surface area contributed by atoms with Crippen LogP contribution in [-0.2, 0) is 16.6 Å². The van der Waals surface area contributed by atoms with Gasteiger partial charge in [0.05, 0.1) is 0 Å². The fourth-order valence-electron chi connectivity index (χ4n) is 2.81. The Morgan fingerprint density at radius 1 is 1.33 bits per heavy atom. The first-order valence-corrected chi connectivity index (χ1v) is 8.93. The summed E-state index contributed by atoms with van der Waals surface area (Å²) < 4.78 is 27.5. The summed E-state index contributed by atoms with van der Waals surface area (Å²) >= 11 is 0. The van der Waals surface area contributed by atoms with Gasteiger partial charge in [-0.2, -0.15) is 0 Å². The molecule has 2 heterocycles. The van der Waals surface area contributed by atoms with Crippen LogP contribution in [0.4, 0.5) is 0 Å². The molecule has 7 heteroatoms. The molecule has 21 heavy (non-hydrogen) atoms. The van der Waals surface area contributed by atoms with Gasteiger partial charge in [-0.05, 0) is 37.9 Å². The van der Waals surface area contributed by atoms with Gasteiger partial charge in [-0.3, -0.25) is 4.90 Å². The van der Waals surface area contributed by atoms with Crippen molar-refractivity contribution in [2.24, 2.45) is 0 Å². The Balaban J connectivity index is 1.63. The van der Waals surface area contributed by atoms with Crippen LogP contribution >= 0.6 is 0 Å². The standard InChI is InChI=1S/C14H22N4O2S/c1-15-8-11-2-5-14(16-9-11)21(19,20)17-12-6-7-18(10-12)13-3-4-13/h2,5,9,12-13,15,17H,3-4,6-8,10H2,1H3. The van der Waals surface area contributed by atoms with Gasteiger partial charge in [-0.1, -0.05) is 6.07 Å². The summed E-state index contributed by atoms with van der Waals surface area (Å²) in [4.78, 5) is 6.46. The van der Waals surface area contributed by atoms with E-state index in [1.54, 1.807) is 18.3 Å². The highest BCUT2D eigenvalue weighted by molar-refractivity contribution is 7.89. The van der Waals surface area contributed by atoms with E-state index in [4.69, 9.17) is 0 Å². The fraction of sp³-hybridized carbons (Fsp3) is 0.643. The molecule has 2 fully saturated rings. The second-order valence-corrected chi connectivity index (χ2v) is 7.53. The van der Waals surface area contributed by atoms with E-state index in [0.717, 1.165) is 25.1 Å². The third kappa shape index (κ3) is 3.60. The Hall–Kier alpha value is -1.02. The molecule has 0 amide bonds. The van der Waals surface area contributed by atoms with Crippen molar-refractivity contribution in [2.45, 2.75) is 42.9 Å². The molecular formula is C14H22N4O2S. The number of aromatic nitrogens is 1. The predicted octanol–water partition coefficient (Wildman–Crippen LogP) is 0.316. The molecule has 1 aliphatic heterocycles. The van der Waals surface area contributed by atoms with Crippen molar-refractivity contribution in [1.29, 1.82) is 0 Å². The molecule has 3 rings (SSSR count). The summed E-state index contributed by atoms with van der Waals surface area (Å²) in [6.45, 7) is 2.49.